The van der Waals surface area contributed by atoms with Crippen LogP contribution in [0.25, 0.3) is 0 Å². The van der Waals surface area contributed by atoms with Crippen LogP contribution in [-0.2, 0) is 10.0 Å². The fourth-order valence-corrected chi connectivity index (χ4v) is 2.28. The highest BCUT2D eigenvalue weighted by atomic mass is 35.5. The summed E-state index contributed by atoms with van der Waals surface area (Å²) in [6, 6.07) is 2.92. The molecule has 1 aromatic carbocycles. The lowest BCUT2D eigenvalue weighted by Crippen LogP contribution is -2.15. The molecule has 0 aliphatic heterocycles. The van der Waals surface area contributed by atoms with Gasteiger partial charge >= 0.3 is 0 Å². The zero-order valence-corrected chi connectivity index (χ0v) is 11.1. The van der Waals surface area contributed by atoms with Gasteiger partial charge in [0.1, 0.15) is 0 Å². The van der Waals surface area contributed by atoms with Crippen LogP contribution in [0, 0.1) is 0 Å². The summed E-state index contributed by atoms with van der Waals surface area (Å²) >= 11 is 11.6. The second kappa shape index (κ2) is 5.12. The van der Waals surface area contributed by atoms with Gasteiger partial charge in [-0.3, -0.25) is 4.72 Å². The van der Waals surface area contributed by atoms with Crippen molar-refractivity contribution < 1.29 is 13.2 Å². The molecular weight excluding hydrogens is 273 g/mol. The third-order valence-electron chi connectivity index (χ3n) is 1.86. The van der Waals surface area contributed by atoms with Gasteiger partial charge in [0.25, 0.3) is 0 Å². The third kappa shape index (κ3) is 3.17. The van der Waals surface area contributed by atoms with Crippen molar-refractivity contribution in [2.75, 3.05) is 17.6 Å². The molecule has 0 aliphatic rings. The monoisotopic (exact) mass is 283 g/mol. The van der Waals surface area contributed by atoms with Crippen molar-refractivity contribution in [2.24, 2.45) is 0 Å². The smallest absolute Gasteiger partial charge is 0.232 e. The number of sulfonamides is 1. The summed E-state index contributed by atoms with van der Waals surface area (Å²) in [5.41, 5.74) is 0.238. The van der Waals surface area contributed by atoms with Gasteiger partial charge in [-0.25, -0.2) is 8.42 Å². The summed E-state index contributed by atoms with van der Waals surface area (Å²) in [4.78, 5) is 0. The summed E-state index contributed by atoms with van der Waals surface area (Å²) in [6.07, 6.45) is 0. The molecule has 90 valence electrons. The normalized spacial score (nSPS) is 11.2. The van der Waals surface area contributed by atoms with Gasteiger partial charge in [-0.15, -0.1) is 0 Å². The van der Waals surface area contributed by atoms with Crippen LogP contribution in [0.15, 0.2) is 12.1 Å². The minimum Gasteiger partial charge on any atom is -0.493 e. The van der Waals surface area contributed by atoms with Gasteiger partial charge in [0.05, 0.1) is 23.6 Å². The minimum atomic E-state index is -3.39. The van der Waals surface area contributed by atoms with Crippen molar-refractivity contribution in [3.8, 4) is 5.75 Å². The third-order valence-corrected chi connectivity index (χ3v) is 3.65. The molecule has 0 fully saturated rings. The van der Waals surface area contributed by atoms with Crippen LogP contribution < -0.4 is 9.46 Å². The summed E-state index contributed by atoms with van der Waals surface area (Å²) in [6.45, 7) is 1.53. The molecule has 7 heteroatoms. The molecule has 0 bridgehead atoms. The van der Waals surface area contributed by atoms with Crippen LogP contribution in [0.2, 0.25) is 10.0 Å². The molecule has 0 saturated heterocycles. The van der Waals surface area contributed by atoms with Crippen molar-refractivity contribution in [1.29, 1.82) is 0 Å². The standard InChI is InChI=1S/C9H11Cl2NO3S/c1-3-16(13,14)12-8-5-6(10)4-7(11)9(8)15-2/h4-5,12H,3H2,1-2H3. The number of anilines is 1. The van der Waals surface area contributed by atoms with Gasteiger partial charge in [0.2, 0.25) is 10.0 Å². The molecule has 0 heterocycles. The molecule has 4 nitrogen and oxygen atoms in total. The summed E-state index contributed by atoms with van der Waals surface area (Å²) in [5.74, 6) is 0.211. The Morgan fingerprint density at radius 1 is 1.38 bits per heavy atom. The van der Waals surface area contributed by atoms with Crippen LogP contribution in [0.1, 0.15) is 6.92 Å². The molecule has 0 radical (unpaired) electrons. The van der Waals surface area contributed by atoms with E-state index in [9.17, 15) is 8.42 Å². The maximum absolute atomic E-state index is 11.4. The zero-order chi connectivity index (χ0) is 12.3. The second-order valence-corrected chi connectivity index (χ2v) is 5.83. The Bertz CT molecular complexity index is 488. The number of benzene rings is 1. The first-order chi connectivity index (χ1) is 7.39. The minimum absolute atomic E-state index is 0.0414. The van der Waals surface area contributed by atoms with Crippen molar-refractivity contribution >= 4 is 38.9 Å². The summed E-state index contributed by atoms with van der Waals surface area (Å²) in [5, 5.41) is 0.586. The van der Waals surface area contributed by atoms with E-state index in [1.807, 2.05) is 0 Å². The molecule has 16 heavy (non-hydrogen) atoms. The lowest BCUT2D eigenvalue weighted by atomic mass is 10.3. The van der Waals surface area contributed by atoms with E-state index < -0.39 is 10.0 Å². The molecule has 0 saturated carbocycles. The first-order valence-corrected chi connectivity index (χ1v) is 6.84. The van der Waals surface area contributed by atoms with Crippen LogP contribution in [0.5, 0.6) is 5.75 Å². The number of hydrogen-bond acceptors (Lipinski definition) is 3. The lowest BCUT2D eigenvalue weighted by molar-refractivity contribution is 0.417. The van der Waals surface area contributed by atoms with Crippen LogP contribution >= 0.6 is 23.2 Å². The Morgan fingerprint density at radius 3 is 2.50 bits per heavy atom. The molecule has 0 spiro atoms. The molecule has 1 aromatic rings. The van der Waals surface area contributed by atoms with Crippen LogP contribution in [-0.4, -0.2) is 21.3 Å². The average molecular weight is 284 g/mol. The Labute approximate surface area is 105 Å². The molecule has 0 unspecified atom stereocenters. The van der Waals surface area contributed by atoms with Crippen molar-refractivity contribution in [3.05, 3.63) is 22.2 Å². The quantitative estimate of drug-likeness (QED) is 0.925. The number of nitrogens with one attached hydrogen (secondary N) is 1. The molecule has 0 aliphatic carbocycles. The Hall–Kier alpha value is -0.650. The molecule has 0 aromatic heterocycles. The molecule has 0 atom stereocenters. The highest BCUT2D eigenvalue weighted by Gasteiger charge is 2.14. The van der Waals surface area contributed by atoms with E-state index in [2.05, 4.69) is 4.72 Å². The van der Waals surface area contributed by atoms with E-state index in [1.54, 1.807) is 0 Å². The van der Waals surface area contributed by atoms with E-state index in [0.29, 0.717) is 5.02 Å². The maximum atomic E-state index is 11.4. The van der Waals surface area contributed by atoms with E-state index in [4.69, 9.17) is 27.9 Å². The van der Waals surface area contributed by atoms with Crippen molar-refractivity contribution in [2.45, 2.75) is 6.92 Å². The Balaban J connectivity index is 3.22. The van der Waals surface area contributed by atoms with Gasteiger partial charge in [-0.05, 0) is 19.1 Å². The summed E-state index contributed by atoms with van der Waals surface area (Å²) in [7, 11) is -1.98. The van der Waals surface area contributed by atoms with E-state index in [-0.39, 0.29) is 22.2 Å². The van der Waals surface area contributed by atoms with Gasteiger partial charge in [0.15, 0.2) is 5.75 Å². The van der Waals surface area contributed by atoms with Gasteiger partial charge < -0.3 is 4.74 Å². The predicted molar refractivity (Wildman–Crippen MR) is 66.1 cm³/mol. The largest absolute Gasteiger partial charge is 0.493 e. The highest BCUT2D eigenvalue weighted by Crippen LogP contribution is 2.36. The van der Waals surface area contributed by atoms with Crippen LogP contribution in [0.4, 0.5) is 5.69 Å². The van der Waals surface area contributed by atoms with Gasteiger partial charge in [0, 0.05) is 5.02 Å². The SMILES string of the molecule is CCS(=O)(=O)Nc1cc(Cl)cc(Cl)c1OC. The Morgan fingerprint density at radius 2 is 2.00 bits per heavy atom. The predicted octanol–water partition coefficient (Wildman–Crippen LogP) is 2.76. The number of rotatable bonds is 4. The van der Waals surface area contributed by atoms with E-state index in [1.165, 1.54) is 26.2 Å². The van der Waals surface area contributed by atoms with E-state index >= 15 is 0 Å². The fourth-order valence-electron chi connectivity index (χ4n) is 1.08. The lowest BCUT2D eigenvalue weighted by Gasteiger charge is -2.12. The van der Waals surface area contributed by atoms with Gasteiger partial charge in [-0.2, -0.15) is 0 Å². The Kier molecular flexibility index (Phi) is 4.29. The maximum Gasteiger partial charge on any atom is 0.232 e. The highest BCUT2D eigenvalue weighted by molar-refractivity contribution is 7.92. The fraction of sp³-hybridized carbons (Fsp3) is 0.333. The molecule has 1 rings (SSSR count). The molecule has 1 N–H and O–H groups in total. The number of hydrogen-bond donors (Lipinski definition) is 1. The van der Waals surface area contributed by atoms with Crippen LogP contribution in [0.3, 0.4) is 0 Å². The molecular formula is C9H11Cl2NO3S. The number of ether oxygens (including phenoxy) is 1. The number of halogens is 2. The van der Waals surface area contributed by atoms with Crippen molar-refractivity contribution in [3.63, 3.8) is 0 Å². The second-order valence-electron chi connectivity index (χ2n) is 2.97. The van der Waals surface area contributed by atoms with Gasteiger partial charge in [-0.1, -0.05) is 23.2 Å². The first-order valence-electron chi connectivity index (χ1n) is 4.43. The topological polar surface area (TPSA) is 55.4 Å². The molecule has 0 amide bonds. The number of methoxy groups -OCH3 is 1. The average Bonchev–Trinajstić information content (AvgIpc) is 2.16. The first kappa shape index (κ1) is 13.4. The van der Waals surface area contributed by atoms with Crippen molar-refractivity contribution in [1.82, 2.24) is 0 Å². The zero-order valence-electron chi connectivity index (χ0n) is 8.75. The summed E-state index contributed by atoms with van der Waals surface area (Å²) < 4.78 is 30.2. The van der Waals surface area contributed by atoms with E-state index in [0.717, 1.165) is 0 Å².